The first-order chi connectivity index (χ1) is 14.0. The topological polar surface area (TPSA) is 72.3 Å². The van der Waals surface area contributed by atoms with Crippen LogP contribution in [0.25, 0.3) is 27.7 Å². The van der Waals surface area contributed by atoms with Crippen LogP contribution < -0.4 is 5.56 Å². The highest BCUT2D eigenvalue weighted by atomic mass is 32.2. The molecular weight excluding hydrogens is 386 g/mol. The standard InChI is InChI=1S/C22H19N3O3S/c1-24(29(27)28)15-16-8-7-9-17(14-16)21-19-12-5-6-13-20(19)22(26)25(23-21)18-10-3-2-4-11-18/h2-14,29H,15H2,1H3. The Kier molecular flexibility index (Phi) is 5.24. The summed E-state index contributed by atoms with van der Waals surface area (Å²) in [4.78, 5) is 13.0. The number of fused-ring (bicyclic) bond motifs is 1. The maximum Gasteiger partial charge on any atom is 0.279 e. The fourth-order valence-corrected chi connectivity index (χ4v) is 3.56. The molecule has 0 aliphatic carbocycles. The fraction of sp³-hybridized carbons (Fsp3) is 0.0909. The van der Waals surface area contributed by atoms with Crippen molar-refractivity contribution < 1.29 is 8.42 Å². The second-order valence-corrected chi connectivity index (χ2v) is 7.86. The average Bonchev–Trinajstić information content (AvgIpc) is 2.75. The molecule has 0 atom stereocenters. The molecule has 3 aromatic carbocycles. The minimum Gasteiger partial charge on any atom is -0.267 e. The third kappa shape index (κ3) is 3.83. The highest BCUT2D eigenvalue weighted by Crippen LogP contribution is 2.26. The van der Waals surface area contributed by atoms with E-state index < -0.39 is 10.9 Å². The van der Waals surface area contributed by atoms with Crippen molar-refractivity contribution in [2.45, 2.75) is 6.54 Å². The molecule has 0 spiro atoms. The van der Waals surface area contributed by atoms with Crippen LogP contribution in [0.5, 0.6) is 0 Å². The summed E-state index contributed by atoms with van der Waals surface area (Å²) < 4.78 is 25.0. The third-order valence-corrected chi connectivity index (χ3v) is 5.40. The molecule has 146 valence electrons. The Hall–Kier alpha value is -3.29. The molecule has 29 heavy (non-hydrogen) atoms. The van der Waals surface area contributed by atoms with E-state index in [1.807, 2.05) is 72.8 Å². The number of nitrogens with zero attached hydrogens (tertiary/aromatic N) is 3. The van der Waals surface area contributed by atoms with Gasteiger partial charge in [0.05, 0.1) is 16.8 Å². The van der Waals surface area contributed by atoms with Crippen molar-refractivity contribution in [3.63, 3.8) is 0 Å². The molecule has 7 heteroatoms. The van der Waals surface area contributed by atoms with E-state index in [1.165, 1.54) is 16.0 Å². The Balaban J connectivity index is 1.92. The number of para-hydroxylation sites is 1. The van der Waals surface area contributed by atoms with Gasteiger partial charge in [0, 0.05) is 24.5 Å². The number of rotatable bonds is 5. The van der Waals surface area contributed by atoms with Crippen LogP contribution in [0.2, 0.25) is 0 Å². The molecule has 0 N–H and O–H groups in total. The first kappa shape index (κ1) is 19.0. The maximum atomic E-state index is 13.0. The van der Waals surface area contributed by atoms with Crippen molar-refractivity contribution in [1.82, 2.24) is 14.1 Å². The van der Waals surface area contributed by atoms with Crippen molar-refractivity contribution in [2.24, 2.45) is 0 Å². The van der Waals surface area contributed by atoms with E-state index in [2.05, 4.69) is 5.10 Å². The molecule has 4 aromatic rings. The molecule has 0 saturated carbocycles. The van der Waals surface area contributed by atoms with Crippen LogP contribution in [0, 0.1) is 0 Å². The molecule has 0 aliphatic rings. The molecule has 0 aliphatic heterocycles. The molecule has 0 saturated heterocycles. The first-order valence-electron chi connectivity index (χ1n) is 9.07. The predicted octanol–water partition coefficient (Wildman–Crippen LogP) is 3.01. The number of thiol groups is 1. The van der Waals surface area contributed by atoms with Crippen LogP contribution in [0.1, 0.15) is 5.56 Å². The highest BCUT2D eigenvalue weighted by molar-refractivity contribution is 7.69. The highest BCUT2D eigenvalue weighted by Gasteiger charge is 2.14. The summed E-state index contributed by atoms with van der Waals surface area (Å²) in [5, 5.41) is 6.00. The Morgan fingerprint density at radius 3 is 2.31 bits per heavy atom. The normalized spacial score (nSPS) is 11.4. The Labute approximate surface area is 169 Å². The van der Waals surface area contributed by atoms with E-state index >= 15 is 0 Å². The molecule has 6 nitrogen and oxygen atoms in total. The van der Waals surface area contributed by atoms with Crippen LogP contribution in [-0.2, 0) is 17.4 Å². The van der Waals surface area contributed by atoms with Gasteiger partial charge >= 0.3 is 0 Å². The molecular formula is C22H19N3O3S. The van der Waals surface area contributed by atoms with Gasteiger partial charge in [-0.3, -0.25) is 4.79 Å². The lowest BCUT2D eigenvalue weighted by atomic mass is 10.0. The lowest BCUT2D eigenvalue weighted by molar-refractivity contribution is 0.486. The zero-order chi connectivity index (χ0) is 20.4. The van der Waals surface area contributed by atoms with Crippen molar-refractivity contribution in [2.75, 3.05) is 7.05 Å². The van der Waals surface area contributed by atoms with Crippen LogP contribution in [0.4, 0.5) is 0 Å². The number of benzene rings is 3. The second kappa shape index (κ2) is 7.98. The average molecular weight is 405 g/mol. The summed E-state index contributed by atoms with van der Waals surface area (Å²) in [7, 11) is -1.12. The third-order valence-electron chi connectivity index (χ3n) is 4.70. The van der Waals surface area contributed by atoms with E-state index in [0.717, 1.165) is 16.5 Å². The van der Waals surface area contributed by atoms with Gasteiger partial charge in [-0.2, -0.15) is 9.78 Å². The smallest absolute Gasteiger partial charge is 0.267 e. The van der Waals surface area contributed by atoms with Crippen LogP contribution in [0.15, 0.2) is 83.7 Å². The van der Waals surface area contributed by atoms with Crippen LogP contribution in [0.3, 0.4) is 0 Å². The van der Waals surface area contributed by atoms with Gasteiger partial charge in [-0.15, -0.1) is 0 Å². The lowest BCUT2D eigenvalue weighted by Crippen LogP contribution is -2.22. The van der Waals surface area contributed by atoms with Crippen LogP contribution >= 0.6 is 0 Å². The second-order valence-electron chi connectivity index (χ2n) is 6.70. The largest absolute Gasteiger partial charge is 0.279 e. The fourth-order valence-electron chi connectivity index (χ4n) is 3.29. The van der Waals surface area contributed by atoms with Crippen molar-refractivity contribution in [3.8, 4) is 16.9 Å². The minimum absolute atomic E-state index is 0.185. The Morgan fingerprint density at radius 2 is 1.59 bits per heavy atom. The molecule has 0 unspecified atom stereocenters. The van der Waals surface area contributed by atoms with E-state index in [4.69, 9.17) is 0 Å². The number of hydrogen-bond acceptors (Lipinski definition) is 4. The first-order valence-corrected chi connectivity index (χ1v) is 10.2. The SMILES string of the molecule is CN(Cc1cccc(-c2nn(-c3ccccc3)c(=O)c3ccccc23)c1)[SH](=O)=O. The van der Waals surface area contributed by atoms with Gasteiger partial charge < -0.3 is 0 Å². The molecule has 0 fully saturated rings. The predicted molar refractivity (Wildman–Crippen MR) is 115 cm³/mol. The monoisotopic (exact) mass is 405 g/mol. The minimum atomic E-state index is -2.65. The Morgan fingerprint density at radius 1 is 0.897 bits per heavy atom. The summed E-state index contributed by atoms with van der Waals surface area (Å²) >= 11 is 0. The van der Waals surface area contributed by atoms with E-state index in [1.54, 1.807) is 6.07 Å². The van der Waals surface area contributed by atoms with E-state index in [-0.39, 0.29) is 12.1 Å². The number of hydrogen-bond donors (Lipinski definition) is 1. The van der Waals surface area contributed by atoms with Gasteiger partial charge in [0.25, 0.3) is 5.56 Å². The van der Waals surface area contributed by atoms with Gasteiger partial charge in [-0.05, 0) is 29.8 Å². The summed E-state index contributed by atoms with van der Waals surface area (Å²) in [6.07, 6.45) is 0. The summed E-state index contributed by atoms with van der Waals surface area (Å²) in [6.45, 7) is 0.267. The molecule has 1 heterocycles. The van der Waals surface area contributed by atoms with Gasteiger partial charge in [-0.25, -0.2) is 12.7 Å². The number of aromatic nitrogens is 2. The summed E-state index contributed by atoms with van der Waals surface area (Å²) in [6, 6.07) is 24.2. The van der Waals surface area contributed by atoms with Gasteiger partial charge in [0.1, 0.15) is 0 Å². The van der Waals surface area contributed by atoms with Crippen molar-refractivity contribution in [1.29, 1.82) is 0 Å². The Bertz CT molecular complexity index is 1310. The van der Waals surface area contributed by atoms with Crippen LogP contribution in [-0.4, -0.2) is 29.6 Å². The maximum absolute atomic E-state index is 13.0. The molecule has 0 amide bonds. The van der Waals surface area contributed by atoms with E-state index in [0.29, 0.717) is 16.8 Å². The van der Waals surface area contributed by atoms with Crippen molar-refractivity contribution in [3.05, 3.63) is 94.8 Å². The van der Waals surface area contributed by atoms with Gasteiger partial charge in [0.2, 0.25) is 10.9 Å². The summed E-state index contributed by atoms with van der Waals surface area (Å²) in [5.41, 5.74) is 2.82. The summed E-state index contributed by atoms with van der Waals surface area (Å²) in [5.74, 6) is 0. The zero-order valence-electron chi connectivity index (χ0n) is 15.7. The van der Waals surface area contributed by atoms with Gasteiger partial charge in [-0.1, -0.05) is 54.6 Å². The van der Waals surface area contributed by atoms with Gasteiger partial charge in [0.15, 0.2) is 0 Å². The van der Waals surface area contributed by atoms with Crippen molar-refractivity contribution >= 4 is 21.7 Å². The molecule has 4 rings (SSSR count). The molecule has 1 aromatic heterocycles. The quantitative estimate of drug-likeness (QED) is 0.518. The molecule has 0 radical (unpaired) electrons. The van der Waals surface area contributed by atoms with E-state index in [9.17, 15) is 13.2 Å². The molecule has 0 bridgehead atoms. The zero-order valence-corrected chi connectivity index (χ0v) is 16.6. The lowest BCUT2D eigenvalue weighted by Gasteiger charge is -2.13.